The number of methoxy groups -OCH3 is 2. The van der Waals surface area contributed by atoms with Crippen LogP contribution in [0.4, 0.5) is 0 Å². The summed E-state index contributed by atoms with van der Waals surface area (Å²) in [5.41, 5.74) is 1.28. The maximum Gasteiger partial charge on any atom is 0.161 e. The zero-order chi connectivity index (χ0) is 14.4. The summed E-state index contributed by atoms with van der Waals surface area (Å²) in [4.78, 5) is 1.25. The van der Waals surface area contributed by atoms with E-state index in [0.29, 0.717) is 0 Å². The average Bonchev–Trinajstić information content (AvgIpc) is 3.30. The van der Waals surface area contributed by atoms with Crippen LogP contribution < -0.4 is 14.8 Å². The molecule has 1 aromatic rings. The summed E-state index contributed by atoms with van der Waals surface area (Å²) in [7, 11) is 3.36. The van der Waals surface area contributed by atoms with Crippen molar-refractivity contribution in [1.82, 2.24) is 5.32 Å². The molecule has 0 atom stereocenters. The second-order valence-corrected chi connectivity index (χ2v) is 6.13. The summed E-state index contributed by atoms with van der Waals surface area (Å²) in [6, 6.07) is 4.14. The van der Waals surface area contributed by atoms with E-state index >= 15 is 0 Å². The van der Waals surface area contributed by atoms with Gasteiger partial charge in [0.1, 0.15) is 0 Å². The van der Waals surface area contributed by atoms with E-state index in [4.69, 9.17) is 9.47 Å². The number of hydrogen-bond acceptors (Lipinski definition) is 4. The molecule has 1 aromatic carbocycles. The van der Waals surface area contributed by atoms with Crippen molar-refractivity contribution in [2.75, 3.05) is 27.0 Å². The lowest BCUT2D eigenvalue weighted by Gasteiger charge is -2.14. The van der Waals surface area contributed by atoms with Crippen molar-refractivity contribution < 1.29 is 9.47 Å². The Bertz CT molecular complexity index is 433. The molecule has 0 aromatic heterocycles. The summed E-state index contributed by atoms with van der Waals surface area (Å²) in [5, 5.41) is 3.54. The number of rotatable bonds is 9. The van der Waals surface area contributed by atoms with Gasteiger partial charge in [0.25, 0.3) is 0 Å². The lowest BCUT2D eigenvalue weighted by atomic mass is 10.2. The summed E-state index contributed by atoms with van der Waals surface area (Å²) < 4.78 is 10.7. The zero-order valence-electron chi connectivity index (χ0n) is 12.7. The predicted molar refractivity (Wildman–Crippen MR) is 85.0 cm³/mol. The Morgan fingerprint density at radius 2 is 1.90 bits per heavy atom. The maximum atomic E-state index is 5.38. The van der Waals surface area contributed by atoms with Gasteiger partial charge in [0, 0.05) is 11.4 Å². The van der Waals surface area contributed by atoms with Crippen LogP contribution >= 0.6 is 11.8 Å². The van der Waals surface area contributed by atoms with E-state index in [0.717, 1.165) is 30.5 Å². The van der Waals surface area contributed by atoms with Crippen molar-refractivity contribution in [1.29, 1.82) is 0 Å². The lowest BCUT2D eigenvalue weighted by molar-refractivity contribution is 0.353. The Morgan fingerprint density at radius 1 is 1.20 bits per heavy atom. The molecule has 1 aliphatic carbocycles. The molecular weight excluding hydrogens is 270 g/mol. The first kappa shape index (κ1) is 15.5. The Labute approximate surface area is 126 Å². The highest BCUT2D eigenvalue weighted by molar-refractivity contribution is 7.98. The number of hydrogen-bond donors (Lipinski definition) is 1. The van der Waals surface area contributed by atoms with E-state index in [-0.39, 0.29) is 0 Å². The molecule has 3 nitrogen and oxygen atoms in total. The average molecular weight is 295 g/mol. The van der Waals surface area contributed by atoms with Gasteiger partial charge in [0.05, 0.1) is 14.2 Å². The van der Waals surface area contributed by atoms with Crippen LogP contribution in [0.15, 0.2) is 17.0 Å². The molecule has 0 amide bonds. The molecule has 0 spiro atoms. The first-order valence-electron chi connectivity index (χ1n) is 7.28. The summed E-state index contributed by atoms with van der Waals surface area (Å²) in [6.07, 6.45) is 7.66. The van der Waals surface area contributed by atoms with Crippen LogP contribution in [0, 0.1) is 5.92 Å². The van der Waals surface area contributed by atoms with Crippen molar-refractivity contribution in [3.8, 4) is 11.5 Å². The minimum Gasteiger partial charge on any atom is -0.493 e. The van der Waals surface area contributed by atoms with Gasteiger partial charge in [-0.05, 0) is 49.3 Å². The van der Waals surface area contributed by atoms with E-state index in [1.165, 1.54) is 36.1 Å². The fourth-order valence-electron chi connectivity index (χ4n) is 2.38. The van der Waals surface area contributed by atoms with Crippen LogP contribution in [0.3, 0.4) is 0 Å². The van der Waals surface area contributed by atoms with Crippen molar-refractivity contribution in [3.63, 3.8) is 0 Å². The second-order valence-electron chi connectivity index (χ2n) is 5.28. The molecule has 0 saturated heterocycles. The molecule has 20 heavy (non-hydrogen) atoms. The van der Waals surface area contributed by atoms with Crippen molar-refractivity contribution in [2.45, 2.75) is 37.1 Å². The van der Waals surface area contributed by atoms with E-state index in [2.05, 4.69) is 23.7 Å². The van der Waals surface area contributed by atoms with Gasteiger partial charge in [0.15, 0.2) is 11.5 Å². The predicted octanol–water partition coefficient (Wildman–Crippen LogP) is 3.71. The molecule has 1 saturated carbocycles. The van der Waals surface area contributed by atoms with Gasteiger partial charge in [-0.25, -0.2) is 0 Å². The number of ether oxygens (including phenoxy) is 2. The van der Waals surface area contributed by atoms with Crippen LogP contribution in [-0.4, -0.2) is 27.0 Å². The Kier molecular flexibility index (Phi) is 6.05. The molecule has 0 radical (unpaired) electrons. The minimum absolute atomic E-state index is 0.800. The maximum absolute atomic E-state index is 5.38. The standard InChI is InChI=1S/C16H25NO2S/c1-18-14-9-13(16(20-3)10-15(14)19-2)11-17-8-4-5-12-6-7-12/h9-10,12,17H,4-8,11H2,1-3H3. The highest BCUT2D eigenvalue weighted by Crippen LogP contribution is 2.35. The van der Waals surface area contributed by atoms with Crippen molar-refractivity contribution in [2.24, 2.45) is 5.92 Å². The van der Waals surface area contributed by atoms with Crippen LogP contribution in [-0.2, 0) is 6.54 Å². The summed E-state index contributed by atoms with van der Waals surface area (Å²) in [6.45, 7) is 1.99. The van der Waals surface area contributed by atoms with Crippen LogP contribution in [0.1, 0.15) is 31.2 Å². The van der Waals surface area contributed by atoms with Gasteiger partial charge in [-0.15, -0.1) is 11.8 Å². The summed E-state index contributed by atoms with van der Waals surface area (Å²) in [5.74, 6) is 2.63. The van der Waals surface area contributed by atoms with E-state index in [9.17, 15) is 0 Å². The Hall–Kier alpha value is -0.870. The van der Waals surface area contributed by atoms with Crippen LogP contribution in [0.25, 0.3) is 0 Å². The molecule has 0 unspecified atom stereocenters. The number of thioether (sulfide) groups is 1. The highest BCUT2D eigenvalue weighted by Gasteiger charge is 2.19. The van der Waals surface area contributed by atoms with Gasteiger partial charge in [-0.1, -0.05) is 12.8 Å². The normalized spacial score (nSPS) is 14.3. The van der Waals surface area contributed by atoms with Gasteiger partial charge in [0.2, 0.25) is 0 Å². The van der Waals surface area contributed by atoms with Gasteiger partial charge < -0.3 is 14.8 Å². The van der Waals surface area contributed by atoms with Gasteiger partial charge >= 0.3 is 0 Å². The zero-order valence-corrected chi connectivity index (χ0v) is 13.5. The van der Waals surface area contributed by atoms with Crippen LogP contribution in [0.5, 0.6) is 11.5 Å². The van der Waals surface area contributed by atoms with E-state index in [1.54, 1.807) is 26.0 Å². The fraction of sp³-hybridized carbons (Fsp3) is 0.625. The highest BCUT2D eigenvalue weighted by atomic mass is 32.2. The Balaban J connectivity index is 1.90. The largest absolute Gasteiger partial charge is 0.493 e. The molecule has 2 rings (SSSR count). The molecule has 1 aliphatic rings. The monoisotopic (exact) mass is 295 g/mol. The number of nitrogens with one attached hydrogen (secondary N) is 1. The molecule has 0 aliphatic heterocycles. The first-order chi connectivity index (χ1) is 9.78. The molecule has 0 heterocycles. The van der Waals surface area contributed by atoms with E-state index < -0.39 is 0 Å². The third-order valence-electron chi connectivity index (χ3n) is 3.76. The van der Waals surface area contributed by atoms with Gasteiger partial charge in [-0.3, -0.25) is 0 Å². The minimum atomic E-state index is 0.800. The Morgan fingerprint density at radius 3 is 2.50 bits per heavy atom. The molecular formula is C16H25NO2S. The van der Waals surface area contributed by atoms with Crippen LogP contribution in [0.2, 0.25) is 0 Å². The third kappa shape index (κ3) is 4.32. The summed E-state index contributed by atoms with van der Waals surface area (Å²) >= 11 is 1.75. The molecule has 0 bridgehead atoms. The van der Waals surface area contributed by atoms with Crippen molar-refractivity contribution in [3.05, 3.63) is 17.7 Å². The van der Waals surface area contributed by atoms with E-state index in [1.807, 2.05) is 0 Å². The molecule has 112 valence electrons. The van der Waals surface area contributed by atoms with Crippen molar-refractivity contribution >= 4 is 11.8 Å². The molecule has 1 fully saturated rings. The SMILES string of the molecule is COc1cc(CNCCCC2CC2)c(SC)cc1OC. The quantitative estimate of drug-likeness (QED) is 0.556. The topological polar surface area (TPSA) is 30.5 Å². The molecule has 1 N–H and O–H groups in total. The second kappa shape index (κ2) is 7.79. The fourth-order valence-corrected chi connectivity index (χ4v) is 2.99. The lowest BCUT2D eigenvalue weighted by Crippen LogP contribution is -2.15. The van der Waals surface area contributed by atoms with Gasteiger partial charge in [-0.2, -0.15) is 0 Å². The first-order valence-corrected chi connectivity index (χ1v) is 8.50. The third-order valence-corrected chi connectivity index (χ3v) is 4.58. The number of benzene rings is 1. The smallest absolute Gasteiger partial charge is 0.161 e. The molecule has 4 heteroatoms.